The molecule has 9 heteroatoms. The number of carbonyl (C=O) groups is 1. The summed E-state index contributed by atoms with van der Waals surface area (Å²) >= 11 is 1.31. The Labute approximate surface area is 157 Å². The third-order valence-electron chi connectivity index (χ3n) is 3.96. The molecule has 0 bridgehead atoms. The molecule has 0 fully saturated rings. The minimum absolute atomic E-state index is 0.274. The van der Waals surface area contributed by atoms with Crippen molar-refractivity contribution >= 4 is 33.1 Å². The number of nitrogens with zero attached hydrogens (tertiary/aromatic N) is 5. The van der Waals surface area contributed by atoms with Gasteiger partial charge in [0.05, 0.1) is 47.6 Å². The third kappa shape index (κ3) is 3.32. The standard InChI is InChI=1S/C18H14N6O2S/c1-11-14(16(25)23-13-6-19-9-20-7-13)15-17(27-11)22-10-24(18(15)26)8-12-4-2-3-5-21-12/h2-7,9-10H,8H2,1H3,(H,23,25). The normalized spacial score (nSPS) is 10.9. The Bertz CT molecular complexity index is 1170. The van der Waals surface area contributed by atoms with Crippen LogP contribution in [0.15, 0.2) is 54.2 Å². The fraction of sp³-hybridized carbons (Fsp3) is 0.111. The Hall–Kier alpha value is -3.46. The molecule has 4 aromatic heterocycles. The summed E-state index contributed by atoms with van der Waals surface area (Å²) in [5, 5.41) is 3.04. The molecular formula is C18H14N6O2S. The van der Waals surface area contributed by atoms with Crippen LogP contribution in [0, 0.1) is 6.92 Å². The van der Waals surface area contributed by atoms with Crippen molar-refractivity contribution in [3.63, 3.8) is 0 Å². The number of rotatable bonds is 4. The predicted molar refractivity (Wildman–Crippen MR) is 102 cm³/mol. The number of amides is 1. The van der Waals surface area contributed by atoms with E-state index in [2.05, 4.69) is 25.3 Å². The summed E-state index contributed by atoms with van der Waals surface area (Å²) in [7, 11) is 0. The number of thiophene rings is 1. The van der Waals surface area contributed by atoms with Crippen LogP contribution in [0.25, 0.3) is 10.2 Å². The van der Waals surface area contributed by atoms with Crippen LogP contribution in [0.5, 0.6) is 0 Å². The lowest BCUT2D eigenvalue weighted by Crippen LogP contribution is -2.23. The molecule has 4 aromatic rings. The highest BCUT2D eigenvalue weighted by Gasteiger charge is 2.21. The van der Waals surface area contributed by atoms with Gasteiger partial charge in [0.1, 0.15) is 11.2 Å². The van der Waals surface area contributed by atoms with Gasteiger partial charge in [0, 0.05) is 11.1 Å². The van der Waals surface area contributed by atoms with Crippen molar-refractivity contribution in [2.45, 2.75) is 13.5 Å². The minimum Gasteiger partial charge on any atom is -0.319 e. The van der Waals surface area contributed by atoms with Crippen LogP contribution in [0.3, 0.4) is 0 Å². The lowest BCUT2D eigenvalue weighted by atomic mass is 10.1. The second-order valence-electron chi connectivity index (χ2n) is 5.79. The van der Waals surface area contributed by atoms with Crippen LogP contribution in [0.4, 0.5) is 5.69 Å². The van der Waals surface area contributed by atoms with E-state index in [1.54, 1.807) is 13.1 Å². The van der Waals surface area contributed by atoms with Crippen molar-refractivity contribution < 1.29 is 4.79 Å². The smallest absolute Gasteiger partial charge is 0.263 e. The molecule has 0 aliphatic carbocycles. The van der Waals surface area contributed by atoms with Gasteiger partial charge in [-0.1, -0.05) is 6.07 Å². The van der Waals surface area contributed by atoms with E-state index >= 15 is 0 Å². The molecule has 0 spiro atoms. The van der Waals surface area contributed by atoms with E-state index in [0.717, 1.165) is 10.6 Å². The summed E-state index contributed by atoms with van der Waals surface area (Å²) in [6.45, 7) is 2.08. The van der Waals surface area contributed by atoms with Crippen LogP contribution in [-0.4, -0.2) is 30.4 Å². The Morgan fingerprint density at radius 3 is 2.78 bits per heavy atom. The summed E-state index contributed by atoms with van der Waals surface area (Å²) < 4.78 is 1.46. The largest absolute Gasteiger partial charge is 0.319 e. The van der Waals surface area contributed by atoms with E-state index in [4.69, 9.17) is 0 Å². The van der Waals surface area contributed by atoms with Crippen molar-refractivity contribution in [1.29, 1.82) is 0 Å². The fourth-order valence-electron chi connectivity index (χ4n) is 2.75. The van der Waals surface area contributed by atoms with Gasteiger partial charge in [-0.3, -0.25) is 19.1 Å². The molecule has 0 aromatic carbocycles. The number of carbonyl (C=O) groups excluding carboxylic acids is 1. The molecule has 27 heavy (non-hydrogen) atoms. The SMILES string of the molecule is Cc1sc2ncn(Cc3ccccn3)c(=O)c2c1C(=O)Nc1cncnc1. The summed E-state index contributed by atoms with van der Waals surface area (Å²) in [4.78, 5) is 43.4. The molecule has 1 N–H and O–H groups in total. The number of pyridine rings is 1. The number of hydrogen-bond acceptors (Lipinski definition) is 7. The maximum Gasteiger partial charge on any atom is 0.263 e. The summed E-state index contributed by atoms with van der Waals surface area (Å²) in [6.07, 6.45) is 7.52. The molecular weight excluding hydrogens is 364 g/mol. The van der Waals surface area contributed by atoms with Gasteiger partial charge in [-0.25, -0.2) is 15.0 Å². The Balaban J connectivity index is 1.76. The monoisotopic (exact) mass is 378 g/mol. The van der Waals surface area contributed by atoms with Crippen molar-refractivity contribution in [3.05, 3.63) is 75.9 Å². The van der Waals surface area contributed by atoms with Crippen molar-refractivity contribution in [2.75, 3.05) is 5.32 Å². The number of fused-ring (bicyclic) bond motifs is 1. The highest BCUT2D eigenvalue weighted by molar-refractivity contribution is 7.19. The Morgan fingerprint density at radius 1 is 1.22 bits per heavy atom. The first-order chi connectivity index (χ1) is 13.1. The molecule has 8 nitrogen and oxygen atoms in total. The molecule has 0 saturated carbocycles. The topological polar surface area (TPSA) is 103 Å². The van der Waals surface area contributed by atoms with E-state index in [9.17, 15) is 9.59 Å². The highest BCUT2D eigenvalue weighted by Crippen LogP contribution is 2.27. The van der Waals surface area contributed by atoms with E-state index in [1.807, 2.05) is 18.2 Å². The second kappa shape index (κ2) is 7.04. The molecule has 0 atom stereocenters. The number of hydrogen-bond donors (Lipinski definition) is 1. The zero-order valence-electron chi connectivity index (χ0n) is 14.3. The average Bonchev–Trinajstić information content (AvgIpc) is 3.02. The molecule has 0 saturated heterocycles. The van der Waals surface area contributed by atoms with E-state index < -0.39 is 0 Å². The van der Waals surface area contributed by atoms with Gasteiger partial charge >= 0.3 is 0 Å². The molecule has 4 rings (SSSR count). The maximum absolute atomic E-state index is 13.0. The Morgan fingerprint density at radius 2 is 2.04 bits per heavy atom. The molecule has 1 amide bonds. The number of nitrogens with one attached hydrogen (secondary N) is 1. The number of aryl methyl sites for hydroxylation is 1. The number of aromatic nitrogens is 5. The molecule has 0 unspecified atom stereocenters. The zero-order valence-corrected chi connectivity index (χ0v) is 15.1. The first-order valence-corrected chi connectivity index (χ1v) is 8.90. The van der Waals surface area contributed by atoms with Crippen LogP contribution in [0.2, 0.25) is 0 Å². The number of anilines is 1. The highest BCUT2D eigenvalue weighted by atomic mass is 32.1. The van der Waals surface area contributed by atoms with Gasteiger partial charge in [-0.15, -0.1) is 11.3 Å². The van der Waals surface area contributed by atoms with Gasteiger partial charge in [-0.05, 0) is 19.1 Å². The first-order valence-electron chi connectivity index (χ1n) is 8.08. The van der Waals surface area contributed by atoms with Gasteiger partial charge in [0.15, 0.2) is 0 Å². The van der Waals surface area contributed by atoms with Crippen LogP contribution >= 0.6 is 11.3 Å². The molecule has 0 radical (unpaired) electrons. The van der Waals surface area contributed by atoms with Gasteiger partial charge in [-0.2, -0.15) is 0 Å². The second-order valence-corrected chi connectivity index (χ2v) is 7.00. The van der Waals surface area contributed by atoms with E-state index in [0.29, 0.717) is 21.5 Å². The molecule has 0 aliphatic heterocycles. The van der Waals surface area contributed by atoms with Crippen LogP contribution in [-0.2, 0) is 6.54 Å². The summed E-state index contributed by atoms with van der Waals surface area (Å²) in [5.41, 5.74) is 1.25. The molecule has 0 aliphatic rings. The molecule has 134 valence electrons. The summed E-state index contributed by atoms with van der Waals surface area (Å²) in [5.74, 6) is -0.386. The minimum atomic E-state index is -0.386. The summed E-state index contributed by atoms with van der Waals surface area (Å²) in [6, 6.07) is 5.50. The fourth-order valence-corrected chi connectivity index (χ4v) is 3.73. The predicted octanol–water partition coefficient (Wildman–Crippen LogP) is 2.25. The van der Waals surface area contributed by atoms with Crippen LogP contribution < -0.4 is 10.9 Å². The van der Waals surface area contributed by atoms with Crippen LogP contribution in [0.1, 0.15) is 20.9 Å². The van der Waals surface area contributed by atoms with Crippen molar-refractivity contribution in [3.8, 4) is 0 Å². The Kier molecular flexibility index (Phi) is 4.43. The average molecular weight is 378 g/mol. The lowest BCUT2D eigenvalue weighted by molar-refractivity contribution is 0.102. The third-order valence-corrected chi connectivity index (χ3v) is 4.97. The van der Waals surface area contributed by atoms with Gasteiger partial charge in [0.25, 0.3) is 11.5 Å². The van der Waals surface area contributed by atoms with E-state index in [-0.39, 0.29) is 18.0 Å². The maximum atomic E-state index is 13.0. The molecule has 4 heterocycles. The van der Waals surface area contributed by atoms with Crippen molar-refractivity contribution in [2.24, 2.45) is 0 Å². The zero-order chi connectivity index (χ0) is 18.8. The lowest BCUT2D eigenvalue weighted by Gasteiger charge is -2.07. The van der Waals surface area contributed by atoms with E-state index in [1.165, 1.54) is 41.0 Å². The quantitative estimate of drug-likeness (QED) is 0.584. The van der Waals surface area contributed by atoms with Gasteiger partial charge < -0.3 is 5.32 Å². The first kappa shape index (κ1) is 17.0. The van der Waals surface area contributed by atoms with Crippen molar-refractivity contribution in [1.82, 2.24) is 24.5 Å². The van der Waals surface area contributed by atoms with Gasteiger partial charge in [0.2, 0.25) is 0 Å².